The molecular formula is C33H33ClF3N7O. The van der Waals surface area contributed by atoms with Crippen molar-refractivity contribution in [3.63, 3.8) is 0 Å². The molecule has 1 aliphatic heterocycles. The van der Waals surface area contributed by atoms with Crippen LogP contribution in [0.3, 0.4) is 0 Å². The summed E-state index contributed by atoms with van der Waals surface area (Å²) in [6.07, 6.45) is 6.17. The average Bonchev–Trinajstić information content (AvgIpc) is 3.68. The summed E-state index contributed by atoms with van der Waals surface area (Å²) < 4.78 is 47.9. The van der Waals surface area contributed by atoms with Crippen LogP contribution in [0.15, 0.2) is 60.7 Å². The monoisotopic (exact) mass is 635 g/mol. The van der Waals surface area contributed by atoms with Crippen LogP contribution in [0.25, 0.3) is 21.8 Å². The Balaban J connectivity index is 1.50. The number of anilines is 2. The molecule has 0 amide bonds. The maximum Gasteiger partial charge on any atom is 0.413 e. The number of rotatable bonds is 8. The topological polar surface area (TPSA) is 86.4 Å². The van der Waals surface area contributed by atoms with Crippen LogP contribution in [0, 0.1) is 17.8 Å². The van der Waals surface area contributed by atoms with Crippen molar-refractivity contribution < 1.29 is 17.9 Å². The smallest absolute Gasteiger partial charge is 0.413 e. The van der Waals surface area contributed by atoms with Crippen LogP contribution in [0.4, 0.5) is 24.5 Å². The van der Waals surface area contributed by atoms with E-state index in [2.05, 4.69) is 58.3 Å². The van der Waals surface area contributed by atoms with Gasteiger partial charge in [0.15, 0.2) is 5.54 Å². The van der Waals surface area contributed by atoms with Crippen molar-refractivity contribution in [2.45, 2.75) is 51.4 Å². The molecule has 1 fully saturated rings. The molecule has 2 aromatic heterocycles. The highest BCUT2D eigenvalue weighted by atomic mass is 35.5. The van der Waals surface area contributed by atoms with Gasteiger partial charge in [-0.1, -0.05) is 50.4 Å². The molecule has 45 heavy (non-hydrogen) atoms. The molecule has 0 radical (unpaired) electrons. The lowest BCUT2D eigenvalue weighted by molar-refractivity contribution is -0.195. The van der Waals surface area contributed by atoms with Crippen molar-refractivity contribution >= 4 is 44.8 Å². The molecule has 0 spiro atoms. The molecule has 3 heterocycles. The maximum atomic E-state index is 14.1. The first kappa shape index (κ1) is 30.6. The summed E-state index contributed by atoms with van der Waals surface area (Å²) in [6, 6.07) is 10.3. The van der Waals surface area contributed by atoms with Crippen molar-refractivity contribution in [1.29, 1.82) is 0 Å². The molecule has 1 saturated carbocycles. The number of pyridine rings is 2. The zero-order valence-corrected chi connectivity index (χ0v) is 26.0. The van der Waals surface area contributed by atoms with E-state index < -0.39 is 17.8 Å². The second kappa shape index (κ2) is 11.2. The summed E-state index contributed by atoms with van der Waals surface area (Å²) in [7, 11) is 1.57. The second-order valence-electron chi connectivity index (χ2n) is 12.5. The zero-order chi connectivity index (χ0) is 32.1. The van der Waals surface area contributed by atoms with Gasteiger partial charge >= 0.3 is 6.18 Å². The molecule has 6 rings (SSSR count). The van der Waals surface area contributed by atoms with Crippen LogP contribution in [-0.4, -0.2) is 40.3 Å². The van der Waals surface area contributed by atoms with E-state index in [4.69, 9.17) is 22.8 Å². The lowest BCUT2D eigenvalue weighted by Gasteiger charge is -2.28. The van der Waals surface area contributed by atoms with E-state index in [1.165, 1.54) is 6.20 Å². The molecule has 4 N–H and O–H groups in total. The predicted octanol–water partition coefficient (Wildman–Crippen LogP) is 7.30. The molecular weight excluding hydrogens is 603 g/mol. The summed E-state index contributed by atoms with van der Waals surface area (Å²) >= 11 is 6.81. The summed E-state index contributed by atoms with van der Waals surface area (Å²) in [6.45, 7) is 6.98. The van der Waals surface area contributed by atoms with Crippen LogP contribution < -0.4 is 26.3 Å². The van der Waals surface area contributed by atoms with Gasteiger partial charge in [0.25, 0.3) is 0 Å². The summed E-state index contributed by atoms with van der Waals surface area (Å²) in [5.74, 6) is 3.29. The standard InChI is InChI=1S/C33H33ClF3N7O/c1-6-19-16-39-29-22(28(19)40-18-31(2,3)4)14-20(15-23(29)34)41-30(21-8-7-9-24-27(21)26(45-5)10-13-38-24)25-17-44(43-42-25)32(11-12-32)33(35,36)37/h1,7-10,13-17,30,41-43H,11-12,18H2,2-5H3,(H,39,40)/t30-/m0/s1. The van der Waals surface area contributed by atoms with E-state index in [9.17, 15) is 13.2 Å². The van der Waals surface area contributed by atoms with Crippen molar-refractivity contribution in [2.24, 2.45) is 5.41 Å². The third-order valence-electron chi connectivity index (χ3n) is 8.09. The first-order valence-corrected chi connectivity index (χ1v) is 14.8. The first-order valence-electron chi connectivity index (χ1n) is 14.5. The van der Waals surface area contributed by atoms with Gasteiger partial charge < -0.3 is 20.8 Å². The van der Waals surface area contributed by atoms with Crippen molar-refractivity contribution in [2.75, 3.05) is 24.3 Å². The molecule has 1 atom stereocenters. The maximum absolute atomic E-state index is 14.1. The number of methoxy groups -OCH3 is 1. The Morgan fingerprint density at radius 1 is 1.18 bits per heavy atom. The second-order valence-corrected chi connectivity index (χ2v) is 12.9. The molecule has 0 saturated heterocycles. The summed E-state index contributed by atoms with van der Waals surface area (Å²) in [5.41, 5.74) is 8.06. The Bertz CT molecular complexity index is 1850. The number of ether oxygens (including phenoxy) is 1. The Kier molecular flexibility index (Phi) is 7.62. The lowest BCUT2D eigenvalue weighted by Crippen LogP contribution is -2.52. The number of nitrogens with zero attached hydrogens (tertiary/aromatic N) is 3. The molecule has 12 heteroatoms. The minimum atomic E-state index is -4.41. The van der Waals surface area contributed by atoms with E-state index >= 15 is 0 Å². The van der Waals surface area contributed by atoms with Crippen LogP contribution >= 0.6 is 11.6 Å². The average molecular weight is 636 g/mol. The third-order valence-corrected chi connectivity index (χ3v) is 8.38. The molecule has 2 aliphatic rings. The van der Waals surface area contributed by atoms with Gasteiger partial charge in [-0.05, 0) is 48.1 Å². The Morgan fingerprint density at radius 3 is 2.62 bits per heavy atom. The number of hydrazine groups is 2. The number of nitrogens with one attached hydrogen (secondary N) is 4. The fourth-order valence-electron chi connectivity index (χ4n) is 5.58. The zero-order valence-electron chi connectivity index (χ0n) is 25.2. The highest BCUT2D eigenvalue weighted by Gasteiger charge is 2.67. The fourth-order valence-corrected chi connectivity index (χ4v) is 5.85. The molecule has 0 bridgehead atoms. The Labute approximate surface area is 264 Å². The molecule has 1 aliphatic carbocycles. The van der Waals surface area contributed by atoms with Gasteiger partial charge in [-0.25, -0.2) is 0 Å². The third kappa shape index (κ3) is 5.64. The number of hydrogen-bond donors (Lipinski definition) is 4. The summed E-state index contributed by atoms with van der Waals surface area (Å²) in [4.78, 5) is 9.04. The number of alkyl halides is 3. The van der Waals surface area contributed by atoms with Gasteiger partial charge in [0.05, 0.1) is 46.2 Å². The predicted molar refractivity (Wildman–Crippen MR) is 172 cm³/mol. The molecule has 234 valence electrons. The number of aromatic nitrogens is 2. The molecule has 4 aromatic rings. The highest BCUT2D eigenvalue weighted by Crippen LogP contribution is 2.54. The minimum Gasteiger partial charge on any atom is -0.496 e. The largest absolute Gasteiger partial charge is 0.496 e. The van der Waals surface area contributed by atoms with Gasteiger partial charge in [-0.3, -0.25) is 15.0 Å². The number of benzene rings is 2. The SMILES string of the molecule is C#Cc1cnc2c(Cl)cc(N[C@H](C3=CN(C4(C(F)(F)F)CC4)NN3)c3cccc4nccc(OC)c34)cc2c1NCC(C)(C)C. The van der Waals surface area contributed by atoms with Crippen LogP contribution in [0.5, 0.6) is 5.75 Å². The van der Waals surface area contributed by atoms with E-state index in [-0.39, 0.29) is 18.3 Å². The number of fused-ring (bicyclic) bond motifs is 2. The van der Waals surface area contributed by atoms with Gasteiger partial charge in [0.1, 0.15) is 5.75 Å². The van der Waals surface area contributed by atoms with Gasteiger partial charge in [0, 0.05) is 41.6 Å². The van der Waals surface area contributed by atoms with Crippen molar-refractivity contribution in [1.82, 2.24) is 25.9 Å². The molecule has 2 aromatic carbocycles. The number of halogens is 4. The van der Waals surface area contributed by atoms with Crippen molar-refractivity contribution in [3.8, 4) is 18.1 Å². The first-order chi connectivity index (χ1) is 21.3. The van der Waals surface area contributed by atoms with E-state index in [1.54, 1.807) is 31.6 Å². The van der Waals surface area contributed by atoms with E-state index in [0.29, 0.717) is 56.1 Å². The quantitative estimate of drug-likeness (QED) is 0.150. The number of terminal acetylenes is 1. The van der Waals surface area contributed by atoms with E-state index in [0.717, 1.165) is 16.3 Å². The number of hydrogen-bond acceptors (Lipinski definition) is 8. The van der Waals surface area contributed by atoms with Crippen LogP contribution in [0.1, 0.15) is 50.8 Å². The Hall–Kier alpha value is -4.40. The highest BCUT2D eigenvalue weighted by molar-refractivity contribution is 6.35. The van der Waals surface area contributed by atoms with Gasteiger partial charge in [0.2, 0.25) is 0 Å². The molecule has 0 unspecified atom stereocenters. The fraction of sp³-hybridized carbons (Fsp3) is 0.333. The van der Waals surface area contributed by atoms with E-state index in [1.807, 2.05) is 24.3 Å². The minimum absolute atomic E-state index is 0.00575. The lowest BCUT2D eigenvalue weighted by atomic mass is 9.96. The Morgan fingerprint density at radius 2 is 1.96 bits per heavy atom. The normalized spacial score (nSPS) is 16.6. The van der Waals surface area contributed by atoms with Crippen LogP contribution in [-0.2, 0) is 0 Å². The van der Waals surface area contributed by atoms with Gasteiger partial charge in [-0.15, -0.1) is 12.0 Å². The van der Waals surface area contributed by atoms with Gasteiger partial charge in [-0.2, -0.15) is 13.2 Å². The summed E-state index contributed by atoms with van der Waals surface area (Å²) in [5, 5.41) is 9.94. The van der Waals surface area contributed by atoms with Crippen LogP contribution in [0.2, 0.25) is 5.02 Å². The molecule has 8 nitrogen and oxygen atoms in total. The van der Waals surface area contributed by atoms with Crippen molar-refractivity contribution in [3.05, 3.63) is 76.8 Å².